The molecule has 2 heterocycles. The molecule has 5 nitrogen and oxygen atoms in total. The molecule has 3 aromatic rings. The molecule has 0 saturated heterocycles. The quantitative estimate of drug-likeness (QED) is 0.432. The van der Waals surface area contributed by atoms with Gasteiger partial charge in [0.05, 0.1) is 29.4 Å². The van der Waals surface area contributed by atoms with Crippen LogP contribution in [0.3, 0.4) is 0 Å². The monoisotopic (exact) mass is 319 g/mol. The van der Waals surface area contributed by atoms with E-state index in [2.05, 4.69) is 5.10 Å². The molecule has 1 aliphatic heterocycles. The third-order valence-electron chi connectivity index (χ3n) is 4.40. The van der Waals surface area contributed by atoms with E-state index in [0.29, 0.717) is 6.61 Å². The van der Waals surface area contributed by atoms with Crippen molar-refractivity contribution in [1.82, 2.24) is 4.98 Å². The Labute approximate surface area is 139 Å². The van der Waals surface area contributed by atoms with E-state index < -0.39 is 0 Å². The Kier molecular flexibility index (Phi) is 3.34. The largest absolute Gasteiger partial charge is 0.508 e. The number of hydrazone groups is 1. The van der Waals surface area contributed by atoms with Crippen molar-refractivity contribution < 1.29 is 9.84 Å². The first kappa shape index (κ1) is 14.5. The third-order valence-corrected chi connectivity index (χ3v) is 4.40. The van der Waals surface area contributed by atoms with Gasteiger partial charge in [-0.05, 0) is 42.8 Å². The molecule has 0 amide bonds. The molecule has 5 heteroatoms. The Balaban J connectivity index is 2.06. The van der Waals surface area contributed by atoms with Crippen LogP contribution in [0.1, 0.15) is 16.7 Å². The van der Waals surface area contributed by atoms with Gasteiger partial charge in [0.2, 0.25) is 0 Å². The molecule has 0 saturated carbocycles. The van der Waals surface area contributed by atoms with Crippen LogP contribution in [0, 0.1) is 6.92 Å². The molecule has 0 fully saturated rings. The lowest BCUT2D eigenvalue weighted by Gasteiger charge is -2.13. The fourth-order valence-electron chi connectivity index (χ4n) is 3.24. The SMILES string of the molecule is Cc1ccc2nc(-c3ccc(O)cc3)c3c(c2c1/C=N\N)OCC3. The second-order valence-corrected chi connectivity index (χ2v) is 5.88. The minimum absolute atomic E-state index is 0.240. The summed E-state index contributed by atoms with van der Waals surface area (Å²) in [5.74, 6) is 6.49. The van der Waals surface area contributed by atoms with Crippen molar-refractivity contribution >= 4 is 17.1 Å². The number of hydrogen-bond acceptors (Lipinski definition) is 5. The molecule has 0 bridgehead atoms. The van der Waals surface area contributed by atoms with Gasteiger partial charge in [0.15, 0.2) is 0 Å². The highest BCUT2D eigenvalue weighted by Gasteiger charge is 2.24. The number of rotatable bonds is 2. The van der Waals surface area contributed by atoms with Crippen LogP contribution in [-0.4, -0.2) is 22.9 Å². The van der Waals surface area contributed by atoms with Crippen LogP contribution >= 0.6 is 0 Å². The summed E-state index contributed by atoms with van der Waals surface area (Å²) in [6, 6.07) is 11.1. The number of fused-ring (bicyclic) bond motifs is 3. The summed E-state index contributed by atoms with van der Waals surface area (Å²) in [5.41, 5.74) is 5.82. The maximum atomic E-state index is 9.52. The Bertz CT molecular complexity index is 963. The number of aromatic nitrogens is 1. The maximum Gasteiger partial charge on any atom is 0.134 e. The summed E-state index contributed by atoms with van der Waals surface area (Å²) in [7, 11) is 0. The highest BCUT2D eigenvalue weighted by molar-refractivity contribution is 6.04. The Morgan fingerprint density at radius 1 is 1.21 bits per heavy atom. The molecule has 0 spiro atoms. The van der Waals surface area contributed by atoms with Gasteiger partial charge in [-0.15, -0.1) is 0 Å². The molecule has 0 radical (unpaired) electrons. The van der Waals surface area contributed by atoms with Crippen LogP contribution in [0.5, 0.6) is 11.5 Å². The van der Waals surface area contributed by atoms with E-state index in [1.807, 2.05) is 31.2 Å². The molecule has 1 aromatic heterocycles. The number of ether oxygens (including phenoxy) is 1. The van der Waals surface area contributed by atoms with E-state index >= 15 is 0 Å². The van der Waals surface area contributed by atoms with Gasteiger partial charge in [-0.25, -0.2) is 4.98 Å². The van der Waals surface area contributed by atoms with E-state index in [1.54, 1.807) is 18.3 Å². The van der Waals surface area contributed by atoms with Gasteiger partial charge in [-0.2, -0.15) is 5.10 Å². The molecule has 3 N–H and O–H groups in total. The average molecular weight is 319 g/mol. The molecular weight excluding hydrogens is 302 g/mol. The first-order chi connectivity index (χ1) is 11.7. The number of nitrogens with zero attached hydrogens (tertiary/aromatic N) is 2. The Morgan fingerprint density at radius 3 is 2.75 bits per heavy atom. The van der Waals surface area contributed by atoms with E-state index in [4.69, 9.17) is 15.6 Å². The van der Waals surface area contributed by atoms with Gasteiger partial charge < -0.3 is 15.7 Å². The standard InChI is InChI=1S/C19H17N3O2/c1-11-2-7-16-17(15(11)10-21-20)19-14(8-9-24-19)18(22-16)12-3-5-13(23)6-4-12/h2-7,10,23H,8-9,20H2,1H3/b21-10-. The number of phenols is 1. The molecule has 120 valence electrons. The summed E-state index contributed by atoms with van der Waals surface area (Å²) < 4.78 is 5.95. The van der Waals surface area contributed by atoms with E-state index in [1.165, 1.54) is 0 Å². The molecule has 0 atom stereocenters. The van der Waals surface area contributed by atoms with Crippen molar-refractivity contribution in [3.05, 3.63) is 53.1 Å². The van der Waals surface area contributed by atoms with E-state index in [-0.39, 0.29) is 5.75 Å². The molecule has 0 unspecified atom stereocenters. The van der Waals surface area contributed by atoms with Crippen LogP contribution in [-0.2, 0) is 6.42 Å². The van der Waals surface area contributed by atoms with Gasteiger partial charge in [-0.3, -0.25) is 0 Å². The molecule has 4 rings (SSSR count). The molecule has 1 aliphatic rings. The molecule has 24 heavy (non-hydrogen) atoms. The van der Waals surface area contributed by atoms with Crippen molar-refractivity contribution in [3.63, 3.8) is 0 Å². The molecule has 2 aromatic carbocycles. The minimum Gasteiger partial charge on any atom is -0.508 e. The van der Waals surface area contributed by atoms with Crippen molar-refractivity contribution in [1.29, 1.82) is 0 Å². The summed E-state index contributed by atoms with van der Waals surface area (Å²) >= 11 is 0. The van der Waals surface area contributed by atoms with Crippen LogP contribution < -0.4 is 10.6 Å². The zero-order chi connectivity index (χ0) is 16.7. The smallest absolute Gasteiger partial charge is 0.134 e. The molecule has 0 aliphatic carbocycles. The summed E-state index contributed by atoms with van der Waals surface area (Å²) in [4.78, 5) is 4.87. The number of phenolic OH excluding ortho intramolecular Hbond substituents is 1. The maximum absolute atomic E-state index is 9.52. The lowest BCUT2D eigenvalue weighted by Crippen LogP contribution is -1.98. The van der Waals surface area contributed by atoms with Crippen LogP contribution in [0.15, 0.2) is 41.5 Å². The van der Waals surface area contributed by atoms with E-state index in [0.717, 1.165) is 51.0 Å². The zero-order valence-electron chi connectivity index (χ0n) is 13.3. The Hall–Kier alpha value is -3.08. The van der Waals surface area contributed by atoms with Crippen molar-refractivity contribution in [3.8, 4) is 22.8 Å². The van der Waals surface area contributed by atoms with Gasteiger partial charge in [-0.1, -0.05) is 6.07 Å². The first-order valence-corrected chi connectivity index (χ1v) is 7.80. The third kappa shape index (κ3) is 2.17. The summed E-state index contributed by atoms with van der Waals surface area (Å²) in [6.45, 7) is 2.65. The number of pyridine rings is 1. The minimum atomic E-state index is 0.240. The normalized spacial score (nSPS) is 13.4. The zero-order valence-corrected chi connectivity index (χ0v) is 13.3. The predicted octanol–water partition coefficient (Wildman–Crippen LogP) is 3.14. The lowest BCUT2D eigenvalue weighted by molar-refractivity contribution is 0.360. The predicted molar refractivity (Wildman–Crippen MR) is 94.6 cm³/mol. The average Bonchev–Trinajstić information content (AvgIpc) is 3.07. The van der Waals surface area contributed by atoms with Crippen molar-refractivity contribution in [2.24, 2.45) is 10.9 Å². The van der Waals surface area contributed by atoms with Gasteiger partial charge in [0.25, 0.3) is 0 Å². The summed E-state index contributed by atoms with van der Waals surface area (Å²) in [6.07, 6.45) is 2.46. The summed E-state index contributed by atoms with van der Waals surface area (Å²) in [5, 5.41) is 14.2. The lowest BCUT2D eigenvalue weighted by atomic mass is 9.97. The van der Waals surface area contributed by atoms with Gasteiger partial charge >= 0.3 is 0 Å². The topological polar surface area (TPSA) is 80.7 Å². The number of benzene rings is 2. The number of hydrogen-bond donors (Lipinski definition) is 2. The highest BCUT2D eigenvalue weighted by atomic mass is 16.5. The van der Waals surface area contributed by atoms with Crippen LogP contribution in [0.4, 0.5) is 0 Å². The van der Waals surface area contributed by atoms with Crippen LogP contribution in [0.25, 0.3) is 22.2 Å². The second-order valence-electron chi connectivity index (χ2n) is 5.88. The number of nitrogens with two attached hydrogens (primary N) is 1. The Morgan fingerprint density at radius 2 is 2.00 bits per heavy atom. The molecular formula is C19H17N3O2. The fraction of sp³-hybridized carbons (Fsp3) is 0.158. The number of aromatic hydroxyl groups is 1. The van der Waals surface area contributed by atoms with Crippen molar-refractivity contribution in [2.75, 3.05) is 6.61 Å². The van der Waals surface area contributed by atoms with Crippen LogP contribution in [0.2, 0.25) is 0 Å². The fourth-order valence-corrected chi connectivity index (χ4v) is 3.24. The number of aryl methyl sites for hydroxylation is 1. The van der Waals surface area contributed by atoms with Crippen molar-refractivity contribution in [2.45, 2.75) is 13.3 Å². The van der Waals surface area contributed by atoms with E-state index in [9.17, 15) is 5.11 Å². The first-order valence-electron chi connectivity index (χ1n) is 7.80. The van der Waals surface area contributed by atoms with Gasteiger partial charge in [0.1, 0.15) is 11.5 Å². The highest BCUT2D eigenvalue weighted by Crippen LogP contribution is 2.41. The second kappa shape index (κ2) is 5.53. The van der Waals surface area contributed by atoms with Gasteiger partial charge in [0, 0.05) is 23.1 Å².